The second-order valence-electron chi connectivity index (χ2n) is 7.43. The summed E-state index contributed by atoms with van der Waals surface area (Å²) >= 11 is 0. The molecule has 0 heterocycles. The number of anilines is 1. The predicted molar refractivity (Wildman–Crippen MR) is 109 cm³/mol. The van der Waals surface area contributed by atoms with Crippen LogP contribution in [0.25, 0.3) is 0 Å². The molecule has 1 unspecified atom stereocenters. The second-order valence-corrected chi connectivity index (χ2v) is 9.12. The summed E-state index contributed by atoms with van der Waals surface area (Å²) in [6, 6.07) is 13.3. The minimum atomic E-state index is -3.76. The molecule has 28 heavy (non-hydrogen) atoms. The Kier molecular flexibility index (Phi) is 6.45. The maximum Gasteiger partial charge on any atom is 0.261 e. The van der Waals surface area contributed by atoms with Crippen molar-refractivity contribution in [3.05, 3.63) is 60.2 Å². The average Bonchev–Trinajstić information content (AvgIpc) is 2.61. The maximum atomic E-state index is 12.4. The summed E-state index contributed by atoms with van der Waals surface area (Å²) in [7, 11) is -3.76. The molecule has 0 aliphatic carbocycles. The van der Waals surface area contributed by atoms with Gasteiger partial charge in [0.25, 0.3) is 15.9 Å². The Bertz CT molecular complexity index is 951. The minimum absolute atomic E-state index is 0.123. The molecule has 2 aromatic rings. The highest BCUT2D eigenvalue weighted by atomic mass is 32.2. The topological polar surface area (TPSA) is 104 Å². The number of hydrogen-bond acceptors (Lipinski definition) is 4. The Hall–Kier alpha value is -2.87. The molecule has 7 nitrogen and oxygen atoms in total. The lowest BCUT2D eigenvalue weighted by atomic mass is 10.1. The predicted octanol–water partition coefficient (Wildman–Crippen LogP) is 2.52. The van der Waals surface area contributed by atoms with Gasteiger partial charge in [0.05, 0.1) is 4.90 Å². The molecule has 3 N–H and O–H groups in total. The lowest BCUT2D eigenvalue weighted by Gasteiger charge is -2.23. The van der Waals surface area contributed by atoms with Crippen molar-refractivity contribution < 1.29 is 18.0 Å². The summed E-state index contributed by atoms with van der Waals surface area (Å²) in [6.07, 6.45) is 0. The highest BCUT2D eigenvalue weighted by Gasteiger charge is 2.21. The Balaban J connectivity index is 2.10. The normalized spacial score (nSPS) is 12.7. The first-order valence-corrected chi connectivity index (χ1v) is 10.3. The van der Waals surface area contributed by atoms with Gasteiger partial charge in [-0.15, -0.1) is 0 Å². The molecule has 0 aromatic heterocycles. The van der Waals surface area contributed by atoms with Crippen molar-refractivity contribution in [2.75, 3.05) is 4.72 Å². The molecule has 0 aliphatic heterocycles. The van der Waals surface area contributed by atoms with Crippen molar-refractivity contribution in [2.45, 2.75) is 44.2 Å². The van der Waals surface area contributed by atoms with Gasteiger partial charge in [-0.05, 0) is 58.0 Å². The number of rotatable bonds is 6. The monoisotopic (exact) mass is 403 g/mol. The van der Waals surface area contributed by atoms with Gasteiger partial charge < -0.3 is 10.6 Å². The van der Waals surface area contributed by atoms with E-state index in [0.29, 0.717) is 0 Å². The number of nitrogens with one attached hydrogen (secondary N) is 3. The Morgan fingerprint density at radius 3 is 2.21 bits per heavy atom. The van der Waals surface area contributed by atoms with Gasteiger partial charge in [-0.2, -0.15) is 0 Å². The number of benzene rings is 2. The fourth-order valence-electron chi connectivity index (χ4n) is 2.36. The van der Waals surface area contributed by atoms with E-state index in [1.807, 2.05) is 20.8 Å². The van der Waals surface area contributed by atoms with Gasteiger partial charge in [0.2, 0.25) is 5.91 Å². The summed E-state index contributed by atoms with van der Waals surface area (Å²) in [6.45, 7) is 7.13. The standard InChI is InChI=1S/C20H25N3O4S/c1-14(18(24)22-20(2,3)4)21-19(25)15-9-8-10-16(13-15)23-28(26,27)17-11-6-5-7-12-17/h5-14,23H,1-4H3,(H,21,25)(H,22,24). The van der Waals surface area contributed by atoms with E-state index in [9.17, 15) is 18.0 Å². The van der Waals surface area contributed by atoms with Crippen LogP contribution in [0.15, 0.2) is 59.5 Å². The third-order valence-corrected chi connectivity index (χ3v) is 5.07. The Morgan fingerprint density at radius 2 is 1.61 bits per heavy atom. The van der Waals surface area contributed by atoms with Crippen LogP contribution in [0, 0.1) is 0 Å². The molecule has 2 amide bonds. The van der Waals surface area contributed by atoms with E-state index >= 15 is 0 Å². The quantitative estimate of drug-likeness (QED) is 0.689. The highest BCUT2D eigenvalue weighted by molar-refractivity contribution is 7.92. The van der Waals surface area contributed by atoms with Gasteiger partial charge in [-0.1, -0.05) is 24.3 Å². The first kappa shape index (κ1) is 21.4. The third kappa shape index (κ3) is 6.09. The van der Waals surface area contributed by atoms with Crippen molar-refractivity contribution in [3.8, 4) is 0 Å². The fourth-order valence-corrected chi connectivity index (χ4v) is 3.43. The number of carbonyl (C=O) groups excluding carboxylic acids is 2. The molecule has 0 saturated heterocycles. The van der Waals surface area contributed by atoms with E-state index in [2.05, 4.69) is 15.4 Å². The molecule has 0 saturated carbocycles. The molecule has 2 aromatic carbocycles. The Labute approximate surface area is 165 Å². The summed E-state index contributed by atoms with van der Waals surface area (Å²) < 4.78 is 27.3. The first-order valence-electron chi connectivity index (χ1n) is 8.79. The zero-order chi connectivity index (χ0) is 20.9. The van der Waals surface area contributed by atoms with E-state index in [1.54, 1.807) is 43.3 Å². The van der Waals surface area contributed by atoms with Crippen LogP contribution in [0.4, 0.5) is 5.69 Å². The van der Waals surface area contributed by atoms with E-state index in [0.717, 1.165) is 0 Å². The summed E-state index contributed by atoms with van der Waals surface area (Å²) in [5, 5.41) is 5.40. The second kappa shape index (κ2) is 8.43. The van der Waals surface area contributed by atoms with Crippen LogP contribution in [-0.2, 0) is 14.8 Å². The van der Waals surface area contributed by atoms with Crippen molar-refractivity contribution in [3.63, 3.8) is 0 Å². The molecule has 0 spiro atoms. The third-order valence-electron chi connectivity index (χ3n) is 3.67. The minimum Gasteiger partial charge on any atom is -0.350 e. The van der Waals surface area contributed by atoms with Crippen LogP contribution < -0.4 is 15.4 Å². The van der Waals surface area contributed by atoms with Crippen molar-refractivity contribution >= 4 is 27.5 Å². The van der Waals surface area contributed by atoms with Gasteiger partial charge in [0.1, 0.15) is 6.04 Å². The fraction of sp³-hybridized carbons (Fsp3) is 0.300. The highest BCUT2D eigenvalue weighted by Crippen LogP contribution is 2.17. The molecule has 2 rings (SSSR count). The van der Waals surface area contributed by atoms with Crippen molar-refractivity contribution in [2.24, 2.45) is 0 Å². The van der Waals surface area contributed by atoms with E-state index in [-0.39, 0.29) is 22.1 Å². The smallest absolute Gasteiger partial charge is 0.261 e. The Morgan fingerprint density at radius 1 is 0.964 bits per heavy atom. The van der Waals surface area contributed by atoms with Crippen LogP contribution in [-0.4, -0.2) is 31.8 Å². The maximum absolute atomic E-state index is 12.4. The van der Waals surface area contributed by atoms with Crippen LogP contribution in [0.3, 0.4) is 0 Å². The molecule has 0 fully saturated rings. The molecule has 0 radical (unpaired) electrons. The van der Waals surface area contributed by atoms with Crippen LogP contribution in [0.2, 0.25) is 0 Å². The lowest BCUT2D eigenvalue weighted by molar-refractivity contribution is -0.124. The summed E-state index contributed by atoms with van der Waals surface area (Å²) in [4.78, 5) is 24.7. The van der Waals surface area contributed by atoms with Crippen LogP contribution in [0.1, 0.15) is 38.1 Å². The zero-order valence-corrected chi connectivity index (χ0v) is 17.1. The van der Waals surface area contributed by atoms with Gasteiger partial charge in [-0.3, -0.25) is 14.3 Å². The number of sulfonamides is 1. The average molecular weight is 404 g/mol. The summed E-state index contributed by atoms with van der Waals surface area (Å²) in [5.74, 6) is -0.779. The van der Waals surface area contributed by atoms with Gasteiger partial charge >= 0.3 is 0 Å². The number of hydrogen-bond donors (Lipinski definition) is 3. The number of amides is 2. The van der Waals surface area contributed by atoms with E-state index in [1.165, 1.54) is 18.2 Å². The molecule has 0 bridgehead atoms. The van der Waals surface area contributed by atoms with Gasteiger partial charge in [0.15, 0.2) is 0 Å². The van der Waals surface area contributed by atoms with Gasteiger partial charge in [0, 0.05) is 16.8 Å². The molecular formula is C20H25N3O4S. The van der Waals surface area contributed by atoms with Crippen molar-refractivity contribution in [1.82, 2.24) is 10.6 Å². The van der Waals surface area contributed by atoms with Crippen LogP contribution in [0.5, 0.6) is 0 Å². The zero-order valence-electron chi connectivity index (χ0n) is 16.3. The van der Waals surface area contributed by atoms with Crippen molar-refractivity contribution in [1.29, 1.82) is 0 Å². The van der Waals surface area contributed by atoms with E-state index < -0.39 is 27.5 Å². The number of carbonyl (C=O) groups is 2. The summed E-state index contributed by atoms with van der Waals surface area (Å²) in [5.41, 5.74) is 0.0816. The molecular weight excluding hydrogens is 378 g/mol. The molecule has 0 aliphatic rings. The lowest BCUT2D eigenvalue weighted by Crippen LogP contribution is -2.50. The van der Waals surface area contributed by atoms with Crippen LogP contribution >= 0.6 is 0 Å². The molecule has 1 atom stereocenters. The largest absolute Gasteiger partial charge is 0.350 e. The van der Waals surface area contributed by atoms with Gasteiger partial charge in [-0.25, -0.2) is 8.42 Å². The van der Waals surface area contributed by atoms with E-state index in [4.69, 9.17) is 0 Å². The first-order chi connectivity index (χ1) is 13.0. The molecule has 8 heteroatoms. The molecule has 150 valence electrons. The SMILES string of the molecule is CC(NC(=O)c1cccc(NS(=O)(=O)c2ccccc2)c1)C(=O)NC(C)(C)C.